The molecule has 0 saturated heterocycles. The summed E-state index contributed by atoms with van der Waals surface area (Å²) < 4.78 is 5.50. The number of ether oxygens (including phenoxy) is 1. The highest BCUT2D eigenvalue weighted by atomic mass is 16.5. The molecule has 1 heterocycles. The normalized spacial score (nSPS) is 15.3. The molecule has 1 unspecified atom stereocenters. The number of Topliss-reactive ketones (excluding diaryl/α,β-unsaturated/α-hetero) is 1. The van der Waals surface area contributed by atoms with E-state index in [-0.39, 0.29) is 17.9 Å². The van der Waals surface area contributed by atoms with Crippen LogP contribution in [-0.2, 0) is 11.2 Å². The Morgan fingerprint density at radius 3 is 2.95 bits per heavy atom. The van der Waals surface area contributed by atoms with Crippen LogP contribution in [0.1, 0.15) is 49.5 Å². The minimum atomic E-state index is -0.159. The average molecular weight is 304 g/mol. The third-order valence-corrected chi connectivity index (χ3v) is 3.94. The maximum absolute atomic E-state index is 12.5. The molecule has 0 aromatic heterocycles. The van der Waals surface area contributed by atoms with Crippen molar-refractivity contribution >= 4 is 11.5 Å². The van der Waals surface area contributed by atoms with E-state index in [9.17, 15) is 4.79 Å². The fraction of sp³-hybridized carbons (Fsp3) is 0.611. The molecule has 0 fully saturated rings. The van der Waals surface area contributed by atoms with Gasteiger partial charge in [-0.3, -0.25) is 4.79 Å². The van der Waals surface area contributed by atoms with Gasteiger partial charge in [0.05, 0.1) is 12.1 Å². The van der Waals surface area contributed by atoms with Gasteiger partial charge in [0.2, 0.25) is 0 Å². The Balaban J connectivity index is 1.82. The van der Waals surface area contributed by atoms with Gasteiger partial charge in [-0.15, -0.1) is 0 Å². The van der Waals surface area contributed by atoms with Crippen molar-refractivity contribution < 1.29 is 9.53 Å². The van der Waals surface area contributed by atoms with Crippen LogP contribution in [0.15, 0.2) is 18.2 Å². The molecule has 4 nitrogen and oxygen atoms in total. The lowest BCUT2D eigenvalue weighted by Gasteiger charge is -2.19. The molecular weight excluding hydrogens is 276 g/mol. The van der Waals surface area contributed by atoms with Gasteiger partial charge in [0.15, 0.2) is 5.78 Å². The lowest BCUT2D eigenvalue weighted by atomic mass is 9.97. The highest BCUT2D eigenvalue weighted by Crippen LogP contribution is 2.23. The largest absolute Gasteiger partial charge is 0.385 e. The van der Waals surface area contributed by atoms with Gasteiger partial charge in [-0.25, -0.2) is 0 Å². The van der Waals surface area contributed by atoms with Crippen LogP contribution >= 0.6 is 0 Å². The van der Waals surface area contributed by atoms with Crippen LogP contribution < -0.4 is 10.6 Å². The third-order valence-electron chi connectivity index (χ3n) is 3.94. The van der Waals surface area contributed by atoms with Crippen LogP contribution in [0.25, 0.3) is 0 Å². The molecule has 1 aliphatic heterocycles. The lowest BCUT2D eigenvalue weighted by Crippen LogP contribution is -2.35. The second-order valence-electron chi connectivity index (χ2n) is 6.22. The van der Waals surface area contributed by atoms with Gasteiger partial charge < -0.3 is 15.4 Å². The van der Waals surface area contributed by atoms with Crippen molar-refractivity contribution in [1.82, 2.24) is 5.32 Å². The molecule has 1 aromatic carbocycles. The maximum Gasteiger partial charge on any atom is 0.179 e. The van der Waals surface area contributed by atoms with Gasteiger partial charge >= 0.3 is 0 Å². The summed E-state index contributed by atoms with van der Waals surface area (Å²) in [4.78, 5) is 12.5. The van der Waals surface area contributed by atoms with Gasteiger partial charge in [-0.2, -0.15) is 0 Å². The number of carbonyl (C=O) groups is 1. The van der Waals surface area contributed by atoms with Crippen LogP contribution in [0.4, 0.5) is 5.69 Å². The molecule has 22 heavy (non-hydrogen) atoms. The number of hydrogen-bond acceptors (Lipinski definition) is 4. The van der Waals surface area contributed by atoms with Crippen molar-refractivity contribution in [2.24, 2.45) is 0 Å². The summed E-state index contributed by atoms with van der Waals surface area (Å²) in [5.74, 6) is 0.165. The van der Waals surface area contributed by atoms with E-state index in [0.717, 1.165) is 44.5 Å². The summed E-state index contributed by atoms with van der Waals surface area (Å²) in [5.41, 5.74) is 3.24. The second kappa shape index (κ2) is 8.30. The van der Waals surface area contributed by atoms with Gasteiger partial charge in [0.1, 0.15) is 0 Å². The van der Waals surface area contributed by atoms with E-state index in [1.165, 1.54) is 11.3 Å². The SMILES string of the molecule is CC(C)OCCCNC(C)C(=O)c1ccc2c(c1)CCCN2. The summed E-state index contributed by atoms with van der Waals surface area (Å²) in [6, 6.07) is 5.85. The van der Waals surface area contributed by atoms with Crippen molar-refractivity contribution in [2.45, 2.75) is 52.2 Å². The molecule has 0 aliphatic carbocycles. The highest BCUT2D eigenvalue weighted by Gasteiger charge is 2.17. The number of anilines is 1. The number of hydrogen-bond donors (Lipinski definition) is 2. The molecule has 0 spiro atoms. The number of carbonyl (C=O) groups excluding carboxylic acids is 1. The van der Waals surface area contributed by atoms with Crippen LogP contribution in [0.2, 0.25) is 0 Å². The smallest absolute Gasteiger partial charge is 0.179 e. The standard InChI is InChI=1S/C18H28N2O2/c1-13(2)22-11-5-10-19-14(3)18(21)16-7-8-17-15(12-16)6-4-9-20-17/h7-8,12-14,19-20H,4-6,9-11H2,1-3H3. The highest BCUT2D eigenvalue weighted by molar-refractivity contribution is 6.00. The minimum absolute atomic E-state index is 0.159. The quantitative estimate of drug-likeness (QED) is 0.572. The number of nitrogens with one attached hydrogen (secondary N) is 2. The molecule has 0 amide bonds. The van der Waals surface area contributed by atoms with E-state index in [1.54, 1.807) is 0 Å². The van der Waals surface area contributed by atoms with Gasteiger partial charge in [-0.05, 0) is 70.3 Å². The zero-order valence-corrected chi connectivity index (χ0v) is 13.9. The summed E-state index contributed by atoms with van der Waals surface area (Å²) in [5, 5.41) is 6.66. The molecule has 1 aromatic rings. The van der Waals surface area contributed by atoms with Gasteiger partial charge in [0, 0.05) is 24.4 Å². The molecular formula is C18H28N2O2. The Kier molecular flexibility index (Phi) is 6.40. The average Bonchev–Trinajstić information content (AvgIpc) is 2.52. The van der Waals surface area contributed by atoms with Gasteiger partial charge in [-0.1, -0.05) is 0 Å². The number of aryl methyl sites for hydroxylation is 1. The first-order chi connectivity index (χ1) is 10.6. The van der Waals surface area contributed by atoms with Gasteiger partial charge in [0.25, 0.3) is 0 Å². The number of benzene rings is 1. The number of fused-ring (bicyclic) bond motifs is 1. The van der Waals surface area contributed by atoms with Crippen LogP contribution in [-0.4, -0.2) is 37.6 Å². The Bertz CT molecular complexity index is 500. The second-order valence-corrected chi connectivity index (χ2v) is 6.22. The molecule has 2 N–H and O–H groups in total. The molecule has 0 bridgehead atoms. The van der Waals surface area contributed by atoms with E-state index in [0.29, 0.717) is 0 Å². The van der Waals surface area contributed by atoms with E-state index in [1.807, 2.05) is 39.0 Å². The topological polar surface area (TPSA) is 50.4 Å². The Morgan fingerprint density at radius 2 is 2.18 bits per heavy atom. The molecule has 0 saturated carbocycles. The monoisotopic (exact) mass is 304 g/mol. The third kappa shape index (κ3) is 4.82. The van der Waals surface area contributed by atoms with Crippen LogP contribution in [0, 0.1) is 0 Å². The van der Waals surface area contributed by atoms with E-state index >= 15 is 0 Å². The molecule has 4 heteroatoms. The molecule has 2 rings (SSSR count). The maximum atomic E-state index is 12.5. The van der Waals surface area contributed by atoms with E-state index in [4.69, 9.17) is 4.74 Å². The molecule has 0 radical (unpaired) electrons. The summed E-state index contributed by atoms with van der Waals surface area (Å²) >= 11 is 0. The molecule has 1 aliphatic rings. The summed E-state index contributed by atoms with van der Waals surface area (Å²) in [7, 11) is 0. The first-order valence-corrected chi connectivity index (χ1v) is 8.34. The van der Waals surface area contributed by atoms with E-state index in [2.05, 4.69) is 10.6 Å². The van der Waals surface area contributed by atoms with Crippen molar-refractivity contribution in [3.63, 3.8) is 0 Å². The van der Waals surface area contributed by atoms with Crippen molar-refractivity contribution in [1.29, 1.82) is 0 Å². The first-order valence-electron chi connectivity index (χ1n) is 8.34. The molecule has 1 atom stereocenters. The fourth-order valence-electron chi connectivity index (χ4n) is 2.68. The van der Waals surface area contributed by atoms with Crippen LogP contribution in [0.5, 0.6) is 0 Å². The zero-order valence-electron chi connectivity index (χ0n) is 13.9. The number of ketones is 1. The van der Waals surface area contributed by atoms with E-state index < -0.39 is 0 Å². The fourth-order valence-corrected chi connectivity index (χ4v) is 2.68. The lowest BCUT2D eigenvalue weighted by molar-refractivity contribution is 0.0760. The van der Waals surface area contributed by atoms with Crippen molar-refractivity contribution in [3.05, 3.63) is 29.3 Å². The first kappa shape index (κ1) is 17.0. The zero-order chi connectivity index (χ0) is 15.9. The number of rotatable bonds is 8. The summed E-state index contributed by atoms with van der Waals surface area (Å²) in [6.07, 6.45) is 3.37. The predicted octanol–water partition coefficient (Wildman–Crippen LogP) is 3.02. The van der Waals surface area contributed by atoms with Crippen molar-refractivity contribution in [2.75, 3.05) is 25.0 Å². The Hall–Kier alpha value is -1.39. The summed E-state index contributed by atoms with van der Waals surface area (Å²) in [6.45, 7) is 8.55. The predicted molar refractivity (Wildman–Crippen MR) is 90.8 cm³/mol. The minimum Gasteiger partial charge on any atom is -0.385 e. The Morgan fingerprint density at radius 1 is 1.36 bits per heavy atom. The van der Waals surface area contributed by atoms with Crippen LogP contribution in [0.3, 0.4) is 0 Å². The molecule has 122 valence electrons. The Labute approximate surface area is 133 Å². The van der Waals surface area contributed by atoms with Crippen molar-refractivity contribution in [3.8, 4) is 0 Å².